The summed E-state index contributed by atoms with van der Waals surface area (Å²) in [6.07, 6.45) is 1.60. The van der Waals surface area contributed by atoms with E-state index in [1.807, 2.05) is 0 Å². The molecule has 0 amide bonds. The van der Waals surface area contributed by atoms with Crippen LogP contribution in [0.2, 0.25) is 0 Å². The minimum Gasteiger partial charge on any atom is -0.311 e. The lowest BCUT2D eigenvalue weighted by atomic mass is 9.99. The molecule has 6 heteroatoms. The van der Waals surface area contributed by atoms with Gasteiger partial charge >= 0.3 is 0 Å². The van der Waals surface area contributed by atoms with E-state index in [9.17, 15) is 8.78 Å². The normalized spacial score (nSPS) is 32.4. The second-order valence-corrected chi connectivity index (χ2v) is 5.04. The summed E-state index contributed by atoms with van der Waals surface area (Å²) in [5.41, 5.74) is 0. The number of rotatable bonds is 2. The number of hydrogen-bond donors (Lipinski definition) is 1. The lowest BCUT2D eigenvalue weighted by molar-refractivity contribution is 0.128. The van der Waals surface area contributed by atoms with Gasteiger partial charge in [-0.25, -0.2) is 8.78 Å². The fourth-order valence-electron chi connectivity index (χ4n) is 3.22. The minimum absolute atomic E-state index is 0.132. The largest absolute Gasteiger partial charge is 0.311 e. The van der Waals surface area contributed by atoms with Crippen molar-refractivity contribution in [3.8, 4) is 0 Å². The lowest BCUT2D eigenvalue weighted by Gasteiger charge is -2.31. The van der Waals surface area contributed by atoms with E-state index in [0.29, 0.717) is 17.9 Å². The Bertz CT molecular complexity index is 406. The van der Waals surface area contributed by atoms with Gasteiger partial charge in [-0.3, -0.25) is 0 Å². The van der Waals surface area contributed by atoms with Crippen LogP contribution in [0.15, 0.2) is 0 Å². The molecule has 17 heavy (non-hydrogen) atoms. The molecule has 2 unspecified atom stereocenters. The second-order valence-electron chi connectivity index (χ2n) is 5.04. The summed E-state index contributed by atoms with van der Waals surface area (Å²) in [7, 11) is 0. The van der Waals surface area contributed by atoms with Gasteiger partial charge in [0.2, 0.25) is 0 Å². The van der Waals surface area contributed by atoms with Crippen molar-refractivity contribution in [3.63, 3.8) is 0 Å². The monoisotopic (exact) mass is 242 g/mol. The highest BCUT2D eigenvalue weighted by molar-refractivity contribution is 5.03. The third-order valence-electron chi connectivity index (χ3n) is 3.90. The van der Waals surface area contributed by atoms with Gasteiger partial charge in [-0.2, -0.15) is 0 Å². The molecule has 2 fully saturated rings. The summed E-state index contributed by atoms with van der Waals surface area (Å²) < 4.78 is 27.4. The summed E-state index contributed by atoms with van der Waals surface area (Å²) in [5, 5.41) is 10.9. The summed E-state index contributed by atoms with van der Waals surface area (Å²) in [6.45, 7) is 1.75. The number of piperidine rings is 1. The van der Waals surface area contributed by atoms with E-state index in [1.165, 1.54) is 0 Å². The van der Waals surface area contributed by atoms with Crippen molar-refractivity contribution < 1.29 is 8.78 Å². The second kappa shape index (κ2) is 4.01. The average Bonchev–Trinajstić information content (AvgIpc) is 2.82. The van der Waals surface area contributed by atoms with Gasteiger partial charge < -0.3 is 9.88 Å². The zero-order chi connectivity index (χ0) is 12.0. The summed E-state index contributed by atoms with van der Waals surface area (Å²) in [4.78, 5) is 0. The van der Waals surface area contributed by atoms with Crippen molar-refractivity contribution in [2.45, 2.75) is 57.2 Å². The minimum atomic E-state index is -2.54. The van der Waals surface area contributed by atoms with Gasteiger partial charge in [0.05, 0.1) is 0 Å². The first kappa shape index (κ1) is 11.1. The van der Waals surface area contributed by atoms with Crippen molar-refractivity contribution in [1.29, 1.82) is 0 Å². The van der Waals surface area contributed by atoms with Gasteiger partial charge in [-0.05, 0) is 32.6 Å². The number of hydrogen-bond acceptors (Lipinski definition) is 3. The Morgan fingerprint density at radius 3 is 2.47 bits per heavy atom. The van der Waals surface area contributed by atoms with Gasteiger partial charge in [0, 0.05) is 18.1 Å². The lowest BCUT2D eigenvalue weighted by Crippen LogP contribution is -2.39. The maximum absolute atomic E-state index is 12.9. The molecule has 2 aliphatic heterocycles. The fourth-order valence-corrected chi connectivity index (χ4v) is 3.22. The van der Waals surface area contributed by atoms with Crippen LogP contribution in [0.25, 0.3) is 0 Å². The zero-order valence-electron chi connectivity index (χ0n) is 9.74. The molecule has 0 aromatic carbocycles. The van der Waals surface area contributed by atoms with Gasteiger partial charge in [0.25, 0.3) is 6.43 Å². The van der Waals surface area contributed by atoms with Crippen molar-refractivity contribution in [3.05, 3.63) is 11.6 Å². The van der Waals surface area contributed by atoms with E-state index < -0.39 is 6.43 Å². The third-order valence-corrected chi connectivity index (χ3v) is 3.90. The van der Waals surface area contributed by atoms with E-state index >= 15 is 0 Å². The first-order valence-electron chi connectivity index (χ1n) is 6.10. The molecule has 1 aromatic heterocycles. The molecule has 3 heterocycles. The predicted octanol–water partition coefficient (Wildman–Crippen LogP) is 1.98. The third kappa shape index (κ3) is 1.84. The molecule has 1 N–H and O–H groups in total. The van der Waals surface area contributed by atoms with Crippen LogP contribution >= 0.6 is 0 Å². The smallest absolute Gasteiger partial charge is 0.297 e. The average molecular weight is 242 g/mol. The Labute approximate surface area is 98.4 Å². The molecule has 2 aliphatic rings. The molecular weight excluding hydrogens is 226 g/mol. The molecule has 0 aliphatic carbocycles. The Kier molecular flexibility index (Phi) is 2.61. The highest BCUT2D eigenvalue weighted by Crippen LogP contribution is 2.36. The van der Waals surface area contributed by atoms with Crippen LogP contribution < -0.4 is 5.32 Å². The van der Waals surface area contributed by atoms with Crippen LogP contribution in [-0.4, -0.2) is 26.8 Å². The SMILES string of the molecule is Cc1nnc(C(F)F)n1C1CC2CCC(C1)N2. The van der Waals surface area contributed by atoms with Gasteiger partial charge in [-0.15, -0.1) is 10.2 Å². The molecule has 0 radical (unpaired) electrons. The molecule has 4 nitrogen and oxygen atoms in total. The van der Waals surface area contributed by atoms with E-state index in [-0.39, 0.29) is 11.9 Å². The van der Waals surface area contributed by atoms with Crippen molar-refractivity contribution in [1.82, 2.24) is 20.1 Å². The van der Waals surface area contributed by atoms with E-state index in [4.69, 9.17) is 0 Å². The van der Waals surface area contributed by atoms with E-state index in [2.05, 4.69) is 15.5 Å². The molecule has 3 rings (SSSR count). The molecule has 0 saturated carbocycles. The van der Waals surface area contributed by atoms with Crippen molar-refractivity contribution in [2.75, 3.05) is 0 Å². The Balaban J connectivity index is 1.91. The van der Waals surface area contributed by atoms with Crippen LogP contribution in [-0.2, 0) is 0 Å². The predicted molar refractivity (Wildman–Crippen MR) is 57.9 cm³/mol. The number of fused-ring (bicyclic) bond motifs is 2. The number of alkyl halides is 2. The standard InChI is InChI=1S/C11H16F2N4/c1-6-15-16-11(10(12)13)17(6)9-4-7-2-3-8(5-9)14-7/h7-10,14H,2-5H2,1H3. The first-order valence-corrected chi connectivity index (χ1v) is 6.10. The number of nitrogens with one attached hydrogen (secondary N) is 1. The zero-order valence-corrected chi connectivity index (χ0v) is 9.74. The van der Waals surface area contributed by atoms with Crippen LogP contribution in [0.3, 0.4) is 0 Å². The highest BCUT2D eigenvalue weighted by Gasteiger charge is 2.36. The molecule has 0 spiro atoms. The van der Waals surface area contributed by atoms with Crippen LogP contribution in [0.1, 0.15) is 49.8 Å². The van der Waals surface area contributed by atoms with Gasteiger partial charge in [-0.1, -0.05) is 0 Å². The van der Waals surface area contributed by atoms with Crippen LogP contribution in [0, 0.1) is 6.92 Å². The number of aromatic nitrogens is 3. The van der Waals surface area contributed by atoms with Crippen LogP contribution in [0.4, 0.5) is 8.78 Å². The maximum Gasteiger partial charge on any atom is 0.297 e. The highest BCUT2D eigenvalue weighted by atomic mass is 19.3. The molecule has 2 bridgehead atoms. The molecular formula is C11H16F2N4. The summed E-state index contributed by atoms with van der Waals surface area (Å²) in [6, 6.07) is 1.09. The molecule has 2 atom stereocenters. The van der Waals surface area contributed by atoms with E-state index in [0.717, 1.165) is 25.7 Å². The Morgan fingerprint density at radius 1 is 1.24 bits per heavy atom. The van der Waals surface area contributed by atoms with Gasteiger partial charge in [0.15, 0.2) is 5.82 Å². The molecule has 2 saturated heterocycles. The van der Waals surface area contributed by atoms with Gasteiger partial charge in [0.1, 0.15) is 5.82 Å². The quantitative estimate of drug-likeness (QED) is 0.862. The van der Waals surface area contributed by atoms with Crippen LogP contribution in [0.5, 0.6) is 0 Å². The summed E-state index contributed by atoms with van der Waals surface area (Å²) in [5.74, 6) is 0.431. The maximum atomic E-state index is 12.9. The fraction of sp³-hybridized carbons (Fsp3) is 0.818. The van der Waals surface area contributed by atoms with Crippen molar-refractivity contribution >= 4 is 0 Å². The number of halogens is 2. The van der Waals surface area contributed by atoms with Crippen molar-refractivity contribution in [2.24, 2.45) is 0 Å². The first-order chi connectivity index (χ1) is 8.15. The topological polar surface area (TPSA) is 42.7 Å². The number of aryl methyl sites for hydroxylation is 1. The Hall–Kier alpha value is -1.04. The Morgan fingerprint density at radius 2 is 1.88 bits per heavy atom. The molecule has 94 valence electrons. The van der Waals surface area contributed by atoms with E-state index in [1.54, 1.807) is 11.5 Å². The summed E-state index contributed by atoms with van der Waals surface area (Å²) >= 11 is 0. The number of nitrogens with zero attached hydrogens (tertiary/aromatic N) is 3. The molecule has 1 aromatic rings.